The summed E-state index contributed by atoms with van der Waals surface area (Å²) in [6.07, 6.45) is 6.53. The monoisotopic (exact) mass is 413 g/mol. The van der Waals surface area contributed by atoms with Gasteiger partial charge in [-0.15, -0.1) is 0 Å². The second-order valence-corrected chi connectivity index (χ2v) is 9.36. The Morgan fingerprint density at radius 2 is 1.43 bits per heavy atom. The van der Waals surface area contributed by atoms with Crippen LogP contribution in [0.25, 0.3) is 6.08 Å². The fourth-order valence-corrected chi connectivity index (χ4v) is 5.61. The SMILES string of the molecule is CS(=O)(=O)N(C1=Cc2ccccc2[C@@]12C=CC(=O)c1ccccc12)c1ccccc1. The zero-order chi connectivity index (χ0) is 20.9. The minimum atomic E-state index is -3.66. The summed E-state index contributed by atoms with van der Waals surface area (Å²) in [6.45, 7) is 0. The molecule has 0 saturated carbocycles. The lowest BCUT2D eigenvalue weighted by atomic mass is 9.69. The lowest BCUT2D eigenvalue weighted by molar-refractivity contribution is 0.104. The van der Waals surface area contributed by atoms with Crippen molar-refractivity contribution >= 4 is 27.6 Å². The van der Waals surface area contributed by atoms with Crippen LogP contribution in [0.2, 0.25) is 0 Å². The van der Waals surface area contributed by atoms with Crippen molar-refractivity contribution in [1.29, 1.82) is 0 Å². The molecule has 0 heterocycles. The summed E-state index contributed by atoms with van der Waals surface area (Å²) in [5.41, 5.74) is 3.55. The first-order chi connectivity index (χ1) is 14.4. The predicted molar refractivity (Wildman–Crippen MR) is 119 cm³/mol. The fourth-order valence-electron chi connectivity index (χ4n) is 4.55. The highest BCUT2D eigenvalue weighted by Crippen LogP contribution is 2.52. The Labute approximate surface area is 175 Å². The highest BCUT2D eigenvalue weighted by atomic mass is 32.2. The minimum Gasteiger partial charge on any atom is -0.289 e. The molecule has 2 aliphatic carbocycles. The third kappa shape index (κ3) is 2.59. The van der Waals surface area contributed by atoms with Crippen molar-refractivity contribution < 1.29 is 13.2 Å². The fraction of sp³-hybridized carbons (Fsp3) is 0.0800. The van der Waals surface area contributed by atoms with Gasteiger partial charge in [-0.2, -0.15) is 0 Å². The minimum absolute atomic E-state index is 0.0782. The first kappa shape index (κ1) is 18.6. The molecule has 1 spiro atoms. The van der Waals surface area contributed by atoms with Crippen molar-refractivity contribution in [2.45, 2.75) is 5.41 Å². The lowest BCUT2D eigenvalue weighted by Gasteiger charge is -2.39. The number of carbonyl (C=O) groups excluding carboxylic acids is 1. The summed E-state index contributed by atoms with van der Waals surface area (Å²) in [6, 6.07) is 24.3. The maximum absolute atomic E-state index is 13.1. The molecule has 5 heteroatoms. The van der Waals surface area contributed by atoms with E-state index in [-0.39, 0.29) is 5.78 Å². The third-order valence-corrected chi connectivity index (χ3v) is 6.80. The van der Waals surface area contributed by atoms with Gasteiger partial charge in [0.05, 0.1) is 23.1 Å². The van der Waals surface area contributed by atoms with Gasteiger partial charge in [-0.1, -0.05) is 72.8 Å². The molecule has 0 amide bonds. The van der Waals surface area contributed by atoms with Crippen molar-refractivity contribution in [3.05, 3.63) is 119 Å². The van der Waals surface area contributed by atoms with Gasteiger partial charge in [0.15, 0.2) is 5.78 Å². The molecule has 0 radical (unpaired) electrons. The van der Waals surface area contributed by atoms with E-state index in [4.69, 9.17) is 0 Å². The van der Waals surface area contributed by atoms with Crippen LogP contribution in [-0.2, 0) is 15.4 Å². The maximum atomic E-state index is 13.1. The molecular formula is C25H19NO3S. The maximum Gasteiger partial charge on any atom is 0.236 e. The van der Waals surface area contributed by atoms with Gasteiger partial charge in [0, 0.05) is 5.56 Å². The van der Waals surface area contributed by atoms with Gasteiger partial charge in [0.25, 0.3) is 0 Å². The largest absolute Gasteiger partial charge is 0.289 e. The highest BCUT2D eigenvalue weighted by Gasteiger charge is 2.48. The van der Waals surface area contributed by atoms with Crippen molar-refractivity contribution in [2.24, 2.45) is 0 Å². The molecular weight excluding hydrogens is 394 g/mol. The summed E-state index contributed by atoms with van der Waals surface area (Å²) < 4.78 is 27.5. The second kappa shape index (κ2) is 6.54. The topological polar surface area (TPSA) is 54.5 Å². The van der Waals surface area contributed by atoms with Gasteiger partial charge in [-0.3, -0.25) is 4.79 Å². The molecule has 0 saturated heterocycles. The van der Waals surface area contributed by atoms with E-state index in [2.05, 4.69) is 0 Å². The normalized spacial score (nSPS) is 19.4. The van der Waals surface area contributed by atoms with Crippen LogP contribution >= 0.6 is 0 Å². The average molecular weight is 413 g/mol. The van der Waals surface area contributed by atoms with Gasteiger partial charge in [0.2, 0.25) is 10.0 Å². The van der Waals surface area contributed by atoms with E-state index < -0.39 is 15.4 Å². The van der Waals surface area contributed by atoms with Gasteiger partial charge in [-0.25, -0.2) is 12.7 Å². The lowest BCUT2D eigenvalue weighted by Crippen LogP contribution is -2.41. The van der Waals surface area contributed by atoms with Gasteiger partial charge >= 0.3 is 0 Å². The molecule has 0 unspecified atom stereocenters. The summed E-state index contributed by atoms with van der Waals surface area (Å²) in [5.74, 6) is -0.0782. The van der Waals surface area contributed by atoms with Crippen LogP contribution in [0.15, 0.2) is 96.7 Å². The number of para-hydroxylation sites is 1. The number of anilines is 1. The van der Waals surface area contributed by atoms with Crippen molar-refractivity contribution in [3.8, 4) is 0 Å². The molecule has 3 aromatic rings. The Hall–Kier alpha value is -3.44. The number of hydrogen-bond acceptors (Lipinski definition) is 3. The molecule has 0 bridgehead atoms. The number of sulfonamides is 1. The number of allylic oxidation sites excluding steroid dienone is 2. The van der Waals surface area contributed by atoms with E-state index in [9.17, 15) is 13.2 Å². The molecule has 1 atom stereocenters. The van der Waals surface area contributed by atoms with Crippen LogP contribution in [-0.4, -0.2) is 20.5 Å². The van der Waals surface area contributed by atoms with Gasteiger partial charge in [-0.05, 0) is 41.0 Å². The van der Waals surface area contributed by atoms with Crippen LogP contribution < -0.4 is 4.31 Å². The van der Waals surface area contributed by atoms with E-state index in [0.29, 0.717) is 16.9 Å². The molecule has 3 aromatic carbocycles. The third-order valence-electron chi connectivity index (χ3n) is 5.73. The molecule has 0 N–H and O–H groups in total. The Kier molecular flexibility index (Phi) is 4.05. The first-order valence-corrected chi connectivity index (χ1v) is 11.5. The van der Waals surface area contributed by atoms with E-state index in [1.54, 1.807) is 24.3 Å². The number of ketones is 1. The number of benzene rings is 3. The zero-order valence-electron chi connectivity index (χ0n) is 16.3. The van der Waals surface area contributed by atoms with E-state index >= 15 is 0 Å². The van der Waals surface area contributed by atoms with Gasteiger partial charge in [0.1, 0.15) is 0 Å². The number of hydrogen-bond donors (Lipinski definition) is 0. The molecule has 30 heavy (non-hydrogen) atoms. The van der Waals surface area contributed by atoms with Crippen LogP contribution in [0.3, 0.4) is 0 Å². The zero-order valence-corrected chi connectivity index (χ0v) is 17.1. The van der Waals surface area contributed by atoms with Crippen molar-refractivity contribution in [3.63, 3.8) is 0 Å². The van der Waals surface area contributed by atoms with E-state index in [1.807, 2.05) is 72.8 Å². The highest BCUT2D eigenvalue weighted by molar-refractivity contribution is 7.92. The van der Waals surface area contributed by atoms with Crippen LogP contribution in [0.1, 0.15) is 27.0 Å². The molecule has 0 aromatic heterocycles. The Morgan fingerprint density at radius 3 is 2.17 bits per heavy atom. The predicted octanol–water partition coefficient (Wildman–Crippen LogP) is 4.55. The van der Waals surface area contributed by atoms with E-state index in [1.165, 1.54) is 10.6 Å². The molecule has 2 aliphatic rings. The van der Waals surface area contributed by atoms with Crippen LogP contribution in [0.5, 0.6) is 0 Å². The number of rotatable bonds is 3. The van der Waals surface area contributed by atoms with Gasteiger partial charge < -0.3 is 0 Å². The standard InChI is InChI=1S/C25H19NO3S/c1-30(28,29)26(19-10-3-2-4-11-19)24-17-18-9-5-7-13-21(18)25(24)16-15-23(27)20-12-6-8-14-22(20)25/h2-17H,1H3/t25-/m1/s1. The average Bonchev–Trinajstić information content (AvgIpc) is 3.05. The number of fused-ring (bicyclic) bond motifs is 4. The second-order valence-electron chi connectivity index (χ2n) is 7.53. The van der Waals surface area contributed by atoms with Crippen LogP contribution in [0.4, 0.5) is 5.69 Å². The summed E-state index contributed by atoms with van der Waals surface area (Å²) in [4.78, 5) is 12.6. The molecule has 4 nitrogen and oxygen atoms in total. The molecule has 0 aliphatic heterocycles. The Bertz CT molecular complexity index is 1340. The van der Waals surface area contributed by atoms with Crippen LogP contribution in [0, 0.1) is 0 Å². The molecule has 0 fully saturated rings. The number of carbonyl (C=O) groups is 1. The van der Waals surface area contributed by atoms with E-state index in [0.717, 1.165) is 16.7 Å². The Balaban J connectivity index is 1.87. The summed E-state index contributed by atoms with van der Waals surface area (Å²) in [7, 11) is -3.66. The quantitative estimate of drug-likeness (QED) is 0.633. The molecule has 5 rings (SSSR count). The first-order valence-electron chi connectivity index (χ1n) is 9.63. The molecule has 148 valence electrons. The summed E-state index contributed by atoms with van der Waals surface area (Å²) >= 11 is 0. The summed E-state index contributed by atoms with van der Waals surface area (Å²) in [5, 5.41) is 0. The Morgan fingerprint density at radius 1 is 0.800 bits per heavy atom. The number of nitrogens with zero attached hydrogens (tertiary/aromatic N) is 1. The smallest absolute Gasteiger partial charge is 0.236 e. The van der Waals surface area contributed by atoms with Crippen molar-refractivity contribution in [1.82, 2.24) is 0 Å². The van der Waals surface area contributed by atoms with Crippen molar-refractivity contribution in [2.75, 3.05) is 10.6 Å².